The SMILES string of the molecule is CCNC(c1cc(F)ccc1Cl)C(C)OCC. The molecule has 0 heterocycles. The molecule has 2 nitrogen and oxygen atoms in total. The number of nitrogens with one attached hydrogen (secondary N) is 1. The highest BCUT2D eigenvalue weighted by Gasteiger charge is 2.21. The van der Waals surface area contributed by atoms with Crippen molar-refractivity contribution < 1.29 is 9.13 Å². The van der Waals surface area contributed by atoms with E-state index in [4.69, 9.17) is 16.3 Å². The summed E-state index contributed by atoms with van der Waals surface area (Å²) < 4.78 is 18.8. The van der Waals surface area contributed by atoms with Gasteiger partial charge in [-0.2, -0.15) is 0 Å². The summed E-state index contributed by atoms with van der Waals surface area (Å²) in [6.07, 6.45) is -0.0563. The van der Waals surface area contributed by atoms with Crippen LogP contribution in [0.3, 0.4) is 0 Å². The van der Waals surface area contributed by atoms with Crippen molar-refractivity contribution in [3.63, 3.8) is 0 Å². The van der Waals surface area contributed by atoms with Gasteiger partial charge in [0.15, 0.2) is 0 Å². The third-order valence-corrected chi connectivity index (χ3v) is 2.96. The summed E-state index contributed by atoms with van der Waals surface area (Å²) in [6.45, 7) is 7.29. The molecule has 2 unspecified atom stereocenters. The Labute approximate surface area is 107 Å². The minimum Gasteiger partial charge on any atom is -0.377 e. The maximum absolute atomic E-state index is 13.3. The normalized spacial score (nSPS) is 14.6. The second-order valence-corrected chi connectivity index (χ2v) is 4.27. The number of benzene rings is 1. The smallest absolute Gasteiger partial charge is 0.123 e. The van der Waals surface area contributed by atoms with E-state index in [1.165, 1.54) is 12.1 Å². The molecular weight excluding hydrogens is 241 g/mol. The summed E-state index contributed by atoms with van der Waals surface area (Å²) in [4.78, 5) is 0. The first-order valence-corrected chi connectivity index (χ1v) is 6.27. The highest BCUT2D eigenvalue weighted by atomic mass is 35.5. The maximum Gasteiger partial charge on any atom is 0.123 e. The number of hydrogen-bond donors (Lipinski definition) is 1. The van der Waals surface area contributed by atoms with E-state index in [-0.39, 0.29) is 18.0 Å². The standard InChI is InChI=1S/C13H19ClFNO/c1-4-16-13(9(3)17-5-2)11-8-10(15)6-7-12(11)14/h6-9,13,16H,4-5H2,1-3H3. The van der Waals surface area contributed by atoms with Crippen LogP contribution in [0.2, 0.25) is 5.02 Å². The summed E-state index contributed by atoms with van der Waals surface area (Å²) in [5.41, 5.74) is 0.745. The largest absolute Gasteiger partial charge is 0.377 e. The predicted octanol–water partition coefficient (Wildman–Crippen LogP) is 3.55. The van der Waals surface area contributed by atoms with Gasteiger partial charge in [-0.1, -0.05) is 18.5 Å². The highest BCUT2D eigenvalue weighted by molar-refractivity contribution is 6.31. The third kappa shape index (κ3) is 3.95. The quantitative estimate of drug-likeness (QED) is 0.844. The molecule has 0 aliphatic heterocycles. The van der Waals surface area contributed by atoms with Crippen LogP contribution in [0.1, 0.15) is 32.4 Å². The molecule has 1 aromatic rings. The van der Waals surface area contributed by atoms with E-state index in [1.54, 1.807) is 6.07 Å². The first kappa shape index (κ1) is 14.4. The van der Waals surface area contributed by atoms with Gasteiger partial charge in [0, 0.05) is 11.6 Å². The van der Waals surface area contributed by atoms with E-state index in [2.05, 4.69) is 5.32 Å². The Bertz CT molecular complexity index is 359. The van der Waals surface area contributed by atoms with Crippen LogP contribution in [0.4, 0.5) is 4.39 Å². The Kier molecular flexibility index (Phi) is 5.89. The van der Waals surface area contributed by atoms with Crippen molar-refractivity contribution in [1.29, 1.82) is 0 Å². The molecule has 96 valence electrons. The summed E-state index contributed by atoms with van der Waals surface area (Å²) >= 11 is 6.11. The number of halogens is 2. The summed E-state index contributed by atoms with van der Waals surface area (Å²) in [6, 6.07) is 4.31. The van der Waals surface area contributed by atoms with Crippen molar-refractivity contribution in [2.75, 3.05) is 13.2 Å². The zero-order chi connectivity index (χ0) is 12.8. The van der Waals surface area contributed by atoms with Gasteiger partial charge in [-0.25, -0.2) is 4.39 Å². The first-order valence-electron chi connectivity index (χ1n) is 5.90. The predicted molar refractivity (Wildman–Crippen MR) is 68.9 cm³/mol. The summed E-state index contributed by atoms with van der Waals surface area (Å²) in [5.74, 6) is -0.281. The molecule has 0 bridgehead atoms. The number of ether oxygens (including phenoxy) is 1. The molecule has 1 N–H and O–H groups in total. The molecule has 1 rings (SSSR count). The molecule has 4 heteroatoms. The van der Waals surface area contributed by atoms with Crippen LogP contribution >= 0.6 is 11.6 Å². The zero-order valence-corrected chi connectivity index (χ0v) is 11.2. The van der Waals surface area contributed by atoms with Gasteiger partial charge in [-0.3, -0.25) is 0 Å². The molecule has 0 aromatic heterocycles. The Balaban J connectivity index is 2.99. The average molecular weight is 260 g/mol. The van der Waals surface area contributed by atoms with Gasteiger partial charge in [-0.15, -0.1) is 0 Å². The fourth-order valence-corrected chi connectivity index (χ4v) is 2.10. The average Bonchev–Trinajstić information content (AvgIpc) is 2.30. The van der Waals surface area contributed by atoms with Gasteiger partial charge in [0.2, 0.25) is 0 Å². The lowest BCUT2D eigenvalue weighted by Gasteiger charge is -2.26. The lowest BCUT2D eigenvalue weighted by molar-refractivity contribution is 0.0476. The second-order valence-electron chi connectivity index (χ2n) is 3.86. The number of hydrogen-bond acceptors (Lipinski definition) is 2. The van der Waals surface area contributed by atoms with Gasteiger partial charge in [0.05, 0.1) is 12.1 Å². The van der Waals surface area contributed by atoms with E-state index >= 15 is 0 Å². The van der Waals surface area contributed by atoms with Crippen LogP contribution in [0.15, 0.2) is 18.2 Å². The van der Waals surface area contributed by atoms with E-state index in [0.29, 0.717) is 11.6 Å². The lowest BCUT2D eigenvalue weighted by atomic mass is 10.0. The molecule has 0 saturated carbocycles. The Morgan fingerprint density at radius 2 is 2.12 bits per heavy atom. The minimum atomic E-state index is -0.281. The van der Waals surface area contributed by atoms with Crippen molar-refractivity contribution in [2.24, 2.45) is 0 Å². The molecule has 0 amide bonds. The fraction of sp³-hybridized carbons (Fsp3) is 0.538. The van der Waals surface area contributed by atoms with Gasteiger partial charge >= 0.3 is 0 Å². The van der Waals surface area contributed by atoms with Gasteiger partial charge < -0.3 is 10.1 Å². The fourth-order valence-electron chi connectivity index (χ4n) is 1.86. The van der Waals surface area contributed by atoms with E-state index in [1.807, 2.05) is 20.8 Å². The van der Waals surface area contributed by atoms with Crippen molar-refractivity contribution >= 4 is 11.6 Å². The molecule has 0 aliphatic rings. The third-order valence-electron chi connectivity index (χ3n) is 2.62. The van der Waals surface area contributed by atoms with E-state index in [9.17, 15) is 4.39 Å². The van der Waals surface area contributed by atoms with Crippen molar-refractivity contribution in [2.45, 2.75) is 32.9 Å². The van der Waals surface area contributed by atoms with Gasteiger partial charge in [0.1, 0.15) is 5.82 Å². The van der Waals surface area contributed by atoms with Gasteiger partial charge in [-0.05, 0) is 44.2 Å². The van der Waals surface area contributed by atoms with Crippen molar-refractivity contribution in [1.82, 2.24) is 5.32 Å². The monoisotopic (exact) mass is 259 g/mol. The number of rotatable bonds is 6. The Morgan fingerprint density at radius 3 is 2.71 bits per heavy atom. The molecule has 17 heavy (non-hydrogen) atoms. The van der Waals surface area contributed by atoms with Crippen LogP contribution in [0, 0.1) is 5.82 Å². The summed E-state index contributed by atoms with van der Waals surface area (Å²) in [5, 5.41) is 3.83. The topological polar surface area (TPSA) is 21.3 Å². The summed E-state index contributed by atoms with van der Waals surface area (Å²) in [7, 11) is 0. The molecule has 0 radical (unpaired) electrons. The van der Waals surface area contributed by atoms with Crippen LogP contribution in [0.25, 0.3) is 0 Å². The van der Waals surface area contributed by atoms with Crippen LogP contribution in [-0.4, -0.2) is 19.3 Å². The molecule has 2 atom stereocenters. The molecular formula is C13H19ClFNO. The molecule has 0 spiro atoms. The molecule has 0 saturated heterocycles. The van der Waals surface area contributed by atoms with Crippen LogP contribution < -0.4 is 5.32 Å². The van der Waals surface area contributed by atoms with Gasteiger partial charge in [0.25, 0.3) is 0 Å². The van der Waals surface area contributed by atoms with Crippen molar-refractivity contribution in [3.05, 3.63) is 34.6 Å². The zero-order valence-electron chi connectivity index (χ0n) is 10.5. The molecule has 1 aromatic carbocycles. The molecule has 0 aliphatic carbocycles. The van der Waals surface area contributed by atoms with Crippen LogP contribution in [-0.2, 0) is 4.74 Å². The Morgan fingerprint density at radius 1 is 1.41 bits per heavy atom. The Hall–Kier alpha value is -0.640. The number of likely N-dealkylation sites (N-methyl/N-ethyl adjacent to an activating group) is 1. The highest BCUT2D eigenvalue weighted by Crippen LogP contribution is 2.27. The van der Waals surface area contributed by atoms with Crippen molar-refractivity contribution in [3.8, 4) is 0 Å². The molecule has 0 fully saturated rings. The minimum absolute atomic E-state index is 0.0563. The second kappa shape index (κ2) is 6.94. The maximum atomic E-state index is 13.3. The van der Waals surface area contributed by atoms with E-state index < -0.39 is 0 Å². The van der Waals surface area contributed by atoms with Crippen LogP contribution in [0.5, 0.6) is 0 Å². The lowest BCUT2D eigenvalue weighted by Crippen LogP contribution is -2.32. The van der Waals surface area contributed by atoms with E-state index in [0.717, 1.165) is 12.1 Å². The first-order chi connectivity index (χ1) is 8.10.